The maximum Gasteiger partial charge on any atom is 0.326 e. The maximum atomic E-state index is 14.7. The minimum Gasteiger partial charge on any atom is -0.508 e. The quantitative estimate of drug-likeness (QED) is 0.114. The summed E-state index contributed by atoms with van der Waals surface area (Å²) in [6, 6.07) is 13.6. The number of nitrogens with zero attached hydrogens (tertiary/aromatic N) is 1. The van der Waals surface area contributed by atoms with E-state index in [2.05, 4.69) is 31.9 Å². The fourth-order valence-electron chi connectivity index (χ4n) is 7.57. The molecule has 1 aliphatic rings. The summed E-state index contributed by atoms with van der Waals surface area (Å²) in [5.41, 5.74) is 2.22. The lowest BCUT2D eigenvalue weighted by molar-refractivity contribution is -0.143. The predicted molar refractivity (Wildman–Crippen MR) is 243 cm³/mol. The molecule has 0 spiro atoms. The lowest BCUT2D eigenvalue weighted by atomic mass is 9.96. The number of aliphatic carboxylic acids is 1. The Morgan fingerprint density at radius 3 is 1.91 bits per heavy atom. The van der Waals surface area contributed by atoms with E-state index in [9.17, 15) is 48.9 Å². The lowest BCUT2D eigenvalue weighted by Gasteiger charge is -2.33. The van der Waals surface area contributed by atoms with Crippen molar-refractivity contribution in [2.24, 2.45) is 11.8 Å². The molecule has 352 valence electrons. The number of rotatable bonds is 14. The number of aryl methyl sites for hydroxylation is 2. The van der Waals surface area contributed by atoms with Crippen LogP contribution >= 0.6 is 0 Å². The number of urea groups is 1. The molecule has 1 heterocycles. The van der Waals surface area contributed by atoms with Gasteiger partial charge in [0.2, 0.25) is 29.5 Å². The summed E-state index contributed by atoms with van der Waals surface area (Å²) in [5, 5.41) is 45.9. The summed E-state index contributed by atoms with van der Waals surface area (Å²) >= 11 is 0. The van der Waals surface area contributed by atoms with Crippen LogP contribution in [0.1, 0.15) is 82.9 Å². The van der Waals surface area contributed by atoms with Crippen LogP contribution in [-0.4, -0.2) is 112 Å². The summed E-state index contributed by atoms with van der Waals surface area (Å²) in [5.74, 6) is -5.06. The van der Waals surface area contributed by atoms with Crippen LogP contribution in [0, 0.1) is 11.8 Å². The number of carboxylic acid groups (broad SMARTS) is 1. The van der Waals surface area contributed by atoms with Crippen LogP contribution in [0.5, 0.6) is 11.5 Å². The zero-order chi connectivity index (χ0) is 47.6. The van der Waals surface area contributed by atoms with Gasteiger partial charge in [-0.25, -0.2) is 9.59 Å². The molecule has 7 atom stereocenters. The molecule has 0 saturated carbocycles. The first-order valence-electron chi connectivity index (χ1n) is 22.3. The summed E-state index contributed by atoms with van der Waals surface area (Å²) in [6.45, 7) is 7.30. The number of phenolic OH excluding ortho intramolecular Hbond substituents is 2. The average molecular weight is 900 g/mol. The number of carboxylic acids is 1. The second-order valence-corrected chi connectivity index (χ2v) is 17.1. The van der Waals surface area contributed by atoms with Gasteiger partial charge in [0.25, 0.3) is 0 Å². The molecular weight excluding hydrogens is 835 g/mol. The number of hydrogen-bond acceptors (Lipinski definition) is 9. The normalized spacial score (nSPS) is 21.6. The zero-order valence-electron chi connectivity index (χ0n) is 37.8. The molecule has 17 nitrogen and oxygen atoms in total. The Balaban J connectivity index is 1.68. The summed E-state index contributed by atoms with van der Waals surface area (Å²) in [7, 11) is 1.48. The molecular formula is C48H65N7O10. The summed E-state index contributed by atoms with van der Waals surface area (Å²) in [6.07, 6.45) is 2.08. The van der Waals surface area contributed by atoms with Gasteiger partial charge < -0.3 is 52.1 Å². The number of benzene rings is 3. The first-order chi connectivity index (χ1) is 31.0. The molecule has 3 aromatic carbocycles. The van der Waals surface area contributed by atoms with Gasteiger partial charge in [-0.05, 0) is 97.7 Å². The van der Waals surface area contributed by atoms with Crippen molar-refractivity contribution in [1.82, 2.24) is 36.8 Å². The molecule has 1 aliphatic heterocycles. The van der Waals surface area contributed by atoms with E-state index >= 15 is 0 Å². The minimum absolute atomic E-state index is 0.0117. The Morgan fingerprint density at radius 2 is 1.31 bits per heavy atom. The van der Waals surface area contributed by atoms with Gasteiger partial charge in [-0.15, -0.1) is 0 Å². The van der Waals surface area contributed by atoms with Gasteiger partial charge in [-0.1, -0.05) is 88.7 Å². The van der Waals surface area contributed by atoms with E-state index in [0.29, 0.717) is 37.7 Å². The van der Waals surface area contributed by atoms with Crippen LogP contribution in [0.25, 0.3) is 0 Å². The number of carbonyl (C=O) groups is 7. The number of hydrogen-bond donors (Lipinski definition) is 9. The fourth-order valence-corrected chi connectivity index (χ4v) is 7.57. The summed E-state index contributed by atoms with van der Waals surface area (Å²) < 4.78 is 0. The van der Waals surface area contributed by atoms with Gasteiger partial charge in [0.1, 0.15) is 47.8 Å². The van der Waals surface area contributed by atoms with E-state index in [1.165, 1.54) is 48.3 Å². The third kappa shape index (κ3) is 15.8. The van der Waals surface area contributed by atoms with E-state index in [4.69, 9.17) is 0 Å². The predicted octanol–water partition coefficient (Wildman–Crippen LogP) is 3.31. The highest BCUT2D eigenvalue weighted by atomic mass is 16.4. The number of carbonyl (C=O) groups excluding carboxylic acids is 6. The smallest absolute Gasteiger partial charge is 0.326 e. The third-order valence-electron chi connectivity index (χ3n) is 11.8. The first-order valence-corrected chi connectivity index (χ1v) is 22.3. The Labute approximate surface area is 380 Å². The van der Waals surface area contributed by atoms with Gasteiger partial charge in [-0.3, -0.25) is 24.0 Å². The molecule has 0 aromatic heterocycles. The zero-order valence-corrected chi connectivity index (χ0v) is 37.8. The minimum atomic E-state index is -1.40. The molecule has 17 heteroatoms. The van der Waals surface area contributed by atoms with E-state index < -0.39 is 83.7 Å². The number of phenols is 2. The molecule has 4 rings (SSSR count). The second kappa shape index (κ2) is 25.0. The van der Waals surface area contributed by atoms with Crippen molar-refractivity contribution in [3.05, 3.63) is 95.6 Å². The van der Waals surface area contributed by atoms with Gasteiger partial charge in [0.15, 0.2) is 0 Å². The van der Waals surface area contributed by atoms with Crippen LogP contribution in [0.15, 0.2) is 78.9 Å². The number of amides is 7. The van der Waals surface area contributed by atoms with Crippen LogP contribution < -0.4 is 31.9 Å². The van der Waals surface area contributed by atoms with E-state index in [1.807, 2.05) is 44.2 Å². The maximum absolute atomic E-state index is 14.7. The molecule has 9 N–H and O–H groups in total. The van der Waals surface area contributed by atoms with Crippen molar-refractivity contribution in [1.29, 1.82) is 0 Å². The third-order valence-corrected chi connectivity index (χ3v) is 11.8. The van der Waals surface area contributed by atoms with E-state index in [1.54, 1.807) is 26.0 Å². The van der Waals surface area contributed by atoms with Crippen LogP contribution in [0.4, 0.5) is 4.79 Å². The Hall–Kier alpha value is -6.65. The topological polar surface area (TPSA) is 256 Å². The Bertz CT molecular complexity index is 2070. The number of likely N-dealkylation sites (N-methyl/N-ethyl adjacent to an activating group) is 1. The van der Waals surface area contributed by atoms with Gasteiger partial charge in [0, 0.05) is 20.0 Å². The standard InChI is InChI=1S/C48H65N7O10/c1-6-30(4)41-44(60)49-27-11-10-14-36(51-48(65)52-38(47(63)64)28-33-17-23-35(57)24-18-33)42(58)53-40(29(2)3)45(61)50-37(25-19-31-12-8-7-9-13-31)46(62)55(5)39(43(59)54-41)26-20-32-15-21-34(56)22-16-32/h7-9,12-13,15-18,21-24,29-30,36-41,56-57H,6,10-11,14,19-20,25-28H2,1-5H3,(H,49,60)(H,50,61)(H,53,58)(H,54,59)(H,63,64)(H2,51,52,65)/t30-,36+,37-,38+,39-,40-,41-/m0/s1. The van der Waals surface area contributed by atoms with Crippen molar-refractivity contribution in [3.8, 4) is 11.5 Å². The van der Waals surface area contributed by atoms with Crippen molar-refractivity contribution in [3.63, 3.8) is 0 Å². The molecule has 3 aromatic rings. The molecule has 65 heavy (non-hydrogen) atoms. The molecule has 7 amide bonds. The molecule has 0 radical (unpaired) electrons. The van der Waals surface area contributed by atoms with Crippen molar-refractivity contribution < 1.29 is 48.9 Å². The first kappa shape index (κ1) is 51.0. The molecule has 1 saturated heterocycles. The Kier molecular flexibility index (Phi) is 19.6. The lowest BCUT2D eigenvalue weighted by Crippen LogP contribution is -2.61. The van der Waals surface area contributed by atoms with Crippen molar-refractivity contribution in [2.45, 2.75) is 122 Å². The number of aromatic hydroxyl groups is 2. The molecule has 0 unspecified atom stereocenters. The van der Waals surface area contributed by atoms with E-state index in [0.717, 1.165) is 11.1 Å². The fraction of sp³-hybridized carbons (Fsp3) is 0.479. The SMILES string of the molecule is CC[C@H](C)[C@@H]1NC(=O)[C@H](CCc2ccc(O)cc2)N(C)C(=O)[C@H](CCc2ccccc2)NC(=O)[C@H](C(C)C)NC(=O)[C@H](NC(=O)N[C@H](Cc2ccc(O)cc2)C(=O)O)CCCCNC1=O. The van der Waals surface area contributed by atoms with Crippen molar-refractivity contribution >= 4 is 41.5 Å². The summed E-state index contributed by atoms with van der Waals surface area (Å²) in [4.78, 5) is 98.1. The molecule has 0 bridgehead atoms. The van der Waals surface area contributed by atoms with Gasteiger partial charge >= 0.3 is 12.0 Å². The number of nitrogens with one attached hydrogen (secondary N) is 6. The van der Waals surface area contributed by atoms with E-state index in [-0.39, 0.29) is 49.6 Å². The highest BCUT2D eigenvalue weighted by molar-refractivity contribution is 5.96. The monoisotopic (exact) mass is 899 g/mol. The second-order valence-electron chi connectivity index (χ2n) is 17.1. The largest absolute Gasteiger partial charge is 0.508 e. The highest BCUT2D eigenvalue weighted by Crippen LogP contribution is 2.19. The van der Waals surface area contributed by atoms with Gasteiger partial charge in [-0.2, -0.15) is 0 Å². The molecule has 1 fully saturated rings. The van der Waals surface area contributed by atoms with Crippen LogP contribution in [0.2, 0.25) is 0 Å². The Morgan fingerprint density at radius 1 is 0.723 bits per heavy atom. The van der Waals surface area contributed by atoms with Crippen molar-refractivity contribution in [2.75, 3.05) is 13.6 Å². The van der Waals surface area contributed by atoms with Gasteiger partial charge in [0.05, 0.1) is 0 Å². The highest BCUT2D eigenvalue weighted by Gasteiger charge is 2.37. The van der Waals surface area contributed by atoms with Crippen LogP contribution in [-0.2, 0) is 48.0 Å². The average Bonchev–Trinajstić information content (AvgIpc) is 3.28. The van der Waals surface area contributed by atoms with Crippen LogP contribution in [0.3, 0.4) is 0 Å². The molecule has 0 aliphatic carbocycles.